The van der Waals surface area contributed by atoms with Gasteiger partial charge in [0.25, 0.3) is 5.91 Å². The molecule has 0 saturated carbocycles. The Kier molecular flexibility index (Phi) is 4.91. The van der Waals surface area contributed by atoms with Crippen LogP contribution in [-0.2, 0) is 6.61 Å². The van der Waals surface area contributed by atoms with Gasteiger partial charge in [0, 0.05) is 35.8 Å². The number of likely N-dealkylation sites (tertiary alicyclic amines) is 1. The van der Waals surface area contributed by atoms with Crippen molar-refractivity contribution < 1.29 is 9.90 Å². The quantitative estimate of drug-likeness (QED) is 0.719. The van der Waals surface area contributed by atoms with Crippen molar-refractivity contribution in [2.24, 2.45) is 0 Å². The van der Waals surface area contributed by atoms with Gasteiger partial charge in [0.15, 0.2) is 0 Å². The Bertz CT molecular complexity index is 1100. The second-order valence-corrected chi connectivity index (χ2v) is 7.49. The standard InChI is InChI=1S/C23H22N4O2/c1-14-3-6-18(9-20(14)22-15(2)25-21(13-28)26-22)23(29)27-11-19(12-27)17-7-4-16(10-24)5-8-17/h3-9,19,28H,11-13H2,1-2H3,(H,25,26). The molecule has 29 heavy (non-hydrogen) atoms. The summed E-state index contributed by atoms with van der Waals surface area (Å²) in [6, 6.07) is 15.4. The van der Waals surface area contributed by atoms with Gasteiger partial charge in [0.2, 0.25) is 0 Å². The molecule has 3 aromatic rings. The molecule has 4 rings (SSSR count). The molecule has 6 heteroatoms. The fraction of sp³-hybridized carbons (Fsp3) is 0.261. The van der Waals surface area contributed by atoms with Crippen LogP contribution in [0, 0.1) is 25.2 Å². The monoisotopic (exact) mass is 386 g/mol. The number of H-pyrrole nitrogens is 1. The van der Waals surface area contributed by atoms with Gasteiger partial charge >= 0.3 is 0 Å². The van der Waals surface area contributed by atoms with Crippen LogP contribution in [0.1, 0.15) is 44.5 Å². The Morgan fingerprint density at radius 3 is 2.59 bits per heavy atom. The minimum atomic E-state index is -0.150. The average molecular weight is 386 g/mol. The molecular formula is C23H22N4O2. The molecule has 2 aromatic carbocycles. The Labute approximate surface area is 169 Å². The van der Waals surface area contributed by atoms with Crippen molar-refractivity contribution in [3.05, 3.63) is 76.2 Å². The number of hydrogen-bond donors (Lipinski definition) is 2. The summed E-state index contributed by atoms with van der Waals surface area (Å²) in [5.41, 5.74) is 5.99. The molecule has 0 bridgehead atoms. The van der Waals surface area contributed by atoms with Crippen molar-refractivity contribution in [2.75, 3.05) is 13.1 Å². The van der Waals surface area contributed by atoms with E-state index in [1.807, 2.05) is 61.2 Å². The molecule has 0 radical (unpaired) electrons. The lowest BCUT2D eigenvalue weighted by molar-refractivity contribution is 0.0602. The first-order valence-electron chi connectivity index (χ1n) is 9.57. The predicted octanol–water partition coefficient (Wildman–Crippen LogP) is 3.30. The van der Waals surface area contributed by atoms with Gasteiger partial charge in [-0.3, -0.25) is 4.79 Å². The third-order valence-corrected chi connectivity index (χ3v) is 5.50. The van der Waals surface area contributed by atoms with Crippen LogP contribution in [0.4, 0.5) is 0 Å². The van der Waals surface area contributed by atoms with E-state index in [0.717, 1.165) is 28.1 Å². The normalized spacial score (nSPS) is 13.8. The highest BCUT2D eigenvalue weighted by Crippen LogP contribution is 2.31. The molecule has 1 aliphatic rings. The second-order valence-electron chi connectivity index (χ2n) is 7.49. The summed E-state index contributed by atoms with van der Waals surface area (Å²) in [6.45, 7) is 5.09. The van der Waals surface area contributed by atoms with E-state index in [0.29, 0.717) is 36.0 Å². The third-order valence-electron chi connectivity index (χ3n) is 5.50. The maximum Gasteiger partial charge on any atom is 0.253 e. The van der Waals surface area contributed by atoms with Gasteiger partial charge in [-0.25, -0.2) is 4.98 Å². The van der Waals surface area contributed by atoms with E-state index >= 15 is 0 Å². The average Bonchev–Trinajstić information content (AvgIpc) is 3.08. The fourth-order valence-corrected chi connectivity index (χ4v) is 3.74. The number of aliphatic hydroxyl groups excluding tert-OH is 1. The number of hydrogen-bond acceptors (Lipinski definition) is 4. The van der Waals surface area contributed by atoms with E-state index < -0.39 is 0 Å². The van der Waals surface area contributed by atoms with Crippen LogP contribution >= 0.6 is 0 Å². The number of nitrogens with zero attached hydrogens (tertiary/aromatic N) is 3. The topological polar surface area (TPSA) is 93.0 Å². The summed E-state index contributed by atoms with van der Waals surface area (Å²) < 4.78 is 0. The van der Waals surface area contributed by atoms with E-state index in [4.69, 9.17) is 5.26 Å². The van der Waals surface area contributed by atoms with Crippen LogP contribution in [0.2, 0.25) is 0 Å². The molecule has 0 spiro atoms. The van der Waals surface area contributed by atoms with Crippen LogP contribution in [0.25, 0.3) is 11.3 Å². The fourth-order valence-electron chi connectivity index (χ4n) is 3.74. The number of aliphatic hydroxyl groups is 1. The van der Waals surface area contributed by atoms with Crippen LogP contribution in [0.15, 0.2) is 42.5 Å². The summed E-state index contributed by atoms with van der Waals surface area (Å²) in [7, 11) is 0. The first kappa shape index (κ1) is 18.9. The molecule has 2 N–H and O–H groups in total. The number of rotatable bonds is 4. The zero-order chi connectivity index (χ0) is 20.5. The van der Waals surface area contributed by atoms with Crippen molar-refractivity contribution in [3.63, 3.8) is 0 Å². The van der Waals surface area contributed by atoms with Crippen molar-refractivity contribution in [1.82, 2.24) is 14.9 Å². The minimum Gasteiger partial charge on any atom is -0.388 e. The van der Waals surface area contributed by atoms with Crippen LogP contribution in [-0.4, -0.2) is 39.0 Å². The van der Waals surface area contributed by atoms with Gasteiger partial charge in [-0.05, 0) is 49.2 Å². The highest BCUT2D eigenvalue weighted by molar-refractivity contribution is 5.96. The maximum atomic E-state index is 13.0. The Morgan fingerprint density at radius 1 is 1.24 bits per heavy atom. The van der Waals surface area contributed by atoms with Gasteiger partial charge in [-0.15, -0.1) is 0 Å². The second kappa shape index (κ2) is 7.53. The van der Waals surface area contributed by atoms with Crippen LogP contribution < -0.4 is 0 Å². The number of nitriles is 1. The largest absolute Gasteiger partial charge is 0.388 e. The van der Waals surface area contributed by atoms with Crippen LogP contribution in [0.5, 0.6) is 0 Å². The van der Waals surface area contributed by atoms with E-state index in [1.54, 1.807) is 0 Å². The molecule has 0 aliphatic carbocycles. The molecule has 1 aromatic heterocycles. The van der Waals surface area contributed by atoms with Gasteiger partial charge in [0.1, 0.15) is 12.4 Å². The number of imidazole rings is 1. The van der Waals surface area contributed by atoms with Gasteiger partial charge < -0.3 is 15.0 Å². The van der Waals surface area contributed by atoms with Crippen molar-refractivity contribution in [2.45, 2.75) is 26.4 Å². The summed E-state index contributed by atoms with van der Waals surface area (Å²) in [6.07, 6.45) is 0. The highest BCUT2D eigenvalue weighted by Gasteiger charge is 2.32. The van der Waals surface area contributed by atoms with E-state index in [-0.39, 0.29) is 12.5 Å². The minimum absolute atomic E-state index is 0.00622. The molecule has 1 fully saturated rings. The lowest BCUT2D eigenvalue weighted by atomic mass is 9.90. The van der Waals surface area contributed by atoms with Gasteiger partial charge in [-0.1, -0.05) is 18.2 Å². The summed E-state index contributed by atoms with van der Waals surface area (Å²) in [5, 5.41) is 18.2. The molecule has 1 aliphatic heterocycles. The van der Waals surface area contributed by atoms with Gasteiger partial charge in [-0.2, -0.15) is 5.26 Å². The lowest BCUT2D eigenvalue weighted by Gasteiger charge is -2.39. The van der Waals surface area contributed by atoms with E-state index in [9.17, 15) is 9.90 Å². The number of aromatic nitrogens is 2. The number of aryl methyl sites for hydroxylation is 2. The first-order valence-corrected chi connectivity index (χ1v) is 9.57. The van der Waals surface area contributed by atoms with Crippen molar-refractivity contribution >= 4 is 5.91 Å². The Morgan fingerprint density at radius 2 is 1.97 bits per heavy atom. The number of benzene rings is 2. The Balaban J connectivity index is 1.51. The zero-order valence-corrected chi connectivity index (χ0v) is 16.4. The molecule has 6 nitrogen and oxygen atoms in total. The zero-order valence-electron chi connectivity index (χ0n) is 16.4. The first-order chi connectivity index (χ1) is 14.0. The summed E-state index contributed by atoms with van der Waals surface area (Å²) in [4.78, 5) is 22.3. The number of nitrogens with one attached hydrogen (secondary N) is 1. The number of aromatic amines is 1. The third kappa shape index (κ3) is 3.53. The number of carbonyl (C=O) groups excluding carboxylic acids is 1. The molecule has 2 heterocycles. The molecule has 0 atom stereocenters. The van der Waals surface area contributed by atoms with Crippen LogP contribution in [0.3, 0.4) is 0 Å². The molecule has 1 saturated heterocycles. The SMILES string of the molecule is Cc1ccc(C(=O)N2CC(c3ccc(C#N)cc3)C2)cc1-c1nc(CO)[nH]c1C. The van der Waals surface area contributed by atoms with Crippen molar-refractivity contribution in [3.8, 4) is 17.3 Å². The smallest absolute Gasteiger partial charge is 0.253 e. The molecule has 0 unspecified atom stereocenters. The lowest BCUT2D eigenvalue weighted by Crippen LogP contribution is -2.48. The van der Waals surface area contributed by atoms with E-state index in [1.165, 1.54) is 0 Å². The molecule has 146 valence electrons. The molecular weight excluding hydrogens is 364 g/mol. The maximum absolute atomic E-state index is 13.0. The summed E-state index contributed by atoms with van der Waals surface area (Å²) in [5.74, 6) is 0.825. The van der Waals surface area contributed by atoms with Crippen molar-refractivity contribution in [1.29, 1.82) is 5.26 Å². The number of amides is 1. The molecule has 1 amide bonds. The van der Waals surface area contributed by atoms with Gasteiger partial charge in [0.05, 0.1) is 17.3 Å². The summed E-state index contributed by atoms with van der Waals surface area (Å²) >= 11 is 0. The number of carbonyl (C=O) groups is 1. The highest BCUT2D eigenvalue weighted by atomic mass is 16.3. The van der Waals surface area contributed by atoms with E-state index in [2.05, 4.69) is 16.0 Å². The predicted molar refractivity (Wildman–Crippen MR) is 109 cm³/mol. The Hall–Kier alpha value is -3.43.